The van der Waals surface area contributed by atoms with Crippen molar-refractivity contribution < 1.29 is 4.74 Å². The van der Waals surface area contributed by atoms with Gasteiger partial charge < -0.3 is 9.72 Å². The predicted molar refractivity (Wildman–Crippen MR) is 92.4 cm³/mol. The zero-order valence-electron chi connectivity index (χ0n) is 13.5. The standard InChI is InChI=1S/C19H18N4O/c1-2-3-11-24-19-16(5-4-10-21-19)18-22-13-17(23-18)15-8-6-14(12-20)7-9-15/h4-10,13H,2-3,11H2,1H3,(H,22,23). The number of aromatic amines is 1. The SMILES string of the molecule is CCCCOc1ncccc1-c1ncc(-c2ccc(C#N)cc2)[nH]1. The Balaban J connectivity index is 1.86. The quantitative estimate of drug-likeness (QED) is 0.692. The number of unbranched alkanes of at least 4 members (excludes halogenated alkanes) is 1. The van der Waals surface area contributed by atoms with Crippen LogP contribution in [0.25, 0.3) is 22.6 Å². The van der Waals surface area contributed by atoms with Gasteiger partial charge in [-0.2, -0.15) is 5.26 Å². The fourth-order valence-corrected chi connectivity index (χ4v) is 2.33. The molecule has 0 aliphatic heterocycles. The highest BCUT2D eigenvalue weighted by Crippen LogP contribution is 2.28. The number of imidazole rings is 1. The van der Waals surface area contributed by atoms with Gasteiger partial charge in [0.1, 0.15) is 5.82 Å². The Morgan fingerprint density at radius 2 is 2.00 bits per heavy atom. The summed E-state index contributed by atoms with van der Waals surface area (Å²) in [6, 6.07) is 13.3. The second-order valence-electron chi connectivity index (χ2n) is 5.39. The first kappa shape index (κ1) is 15.8. The van der Waals surface area contributed by atoms with Crippen LogP contribution in [0.3, 0.4) is 0 Å². The van der Waals surface area contributed by atoms with Crippen LogP contribution in [0, 0.1) is 11.3 Å². The van der Waals surface area contributed by atoms with Gasteiger partial charge in [-0.15, -0.1) is 0 Å². The summed E-state index contributed by atoms with van der Waals surface area (Å²) in [7, 11) is 0. The first-order valence-corrected chi connectivity index (χ1v) is 7.95. The molecule has 24 heavy (non-hydrogen) atoms. The maximum absolute atomic E-state index is 8.88. The topological polar surface area (TPSA) is 74.6 Å². The molecule has 2 heterocycles. The van der Waals surface area contributed by atoms with Crippen LogP contribution in [0.5, 0.6) is 5.88 Å². The maximum Gasteiger partial charge on any atom is 0.224 e. The summed E-state index contributed by atoms with van der Waals surface area (Å²) < 4.78 is 5.77. The summed E-state index contributed by atoms with van der Waals surface area (Å²) in [6.07, 6.45) is 5.56. The minimum Gasteiger partial charge on any atom is -0.477 e. The fourth-order valence-electron chi connectivity index (χ4n) is 2.33. The van der Waals surface area contributed by atoms with Gasteiger partial charge in [0.25, 0.3) is 0 Å². The van der Waals surface area contributed by atoms with Crippen LogP contribution < -0.4 is 4.74 Å². The molecule has 0 spiro atoms. The highest BCUT2D eigenvalue weighted by molar-refractivity contribution is 5.67. The van der Waals surface area contributed by atoms with Gasteiger partial charge in [0, 0.05) is 6.20 Å². The number of nitriles is 1. The van der Waals surface area contributed by atoms with Crippen molar-refractivity contribution in [2.75, 3.05) is 6.61 Å². The van der Waals surface area contributed by atoms with Crippen molar-refractivity contribution in [2.24, 2.45) is 0 Å². The van der Waals surface area contributed by atoms with Crippen LogP contribution in [-0.4, -0.2) is 21.6 Å². The lowest BCUT2D eigenvalue weighted by Crippen LogP contribution is -2.00. The lowest BCUT2D eigenvalue weighted by Gasteiger charge is -2.08. The molecule has 120 valence electrons. The smallest absolute Gasteiger partial charge is 0.224 e. The molecule has 0 aliphatic rings. The molecular formula is C19H18N4O. The first-order valence-electron chi connectivity index (χ1n) is 7.95. The van der Waals surface area contributed by atoms with Crippen LogP contribution in [0.2, 0.25) is 0 Å². The lowest BCUT2D eigenvalue weighted by molar-refractivity contribution is 0.299. The third-order valence-electron chi connectivity index (χ3n) is 3.66. The van der Waals surface area contributed by atoms with Crippen LogP contribution >= 0.6 is 0 Å². The molecule has 0 bridgehead atoms. The third-order valence-corrected chi connectivity index (χ3v) is 3.66. The molecule has 0 aliphatic carbocycles. The summed E-state index contributed by atoms with van der Waals surface area (Å²) in [5, 5.41) is 8.88. The summed E-state index contributed by atoms with van der Waals surface area (Å²) in [5.41, 5.74) is 3.34. The van der Waals surface area contributed by atoms with Crippen molar-refractivity contribution in [1.29, 1.82) is 5.26 Å². The second-order valence-corrected chi connectivity index (χ2v) is 5.39. The van der Waals surface area contributed by atoms with Gasteiger partial charge in [0.15, 0.2) is 0 Å². The van der Waals surface area contributed by atoms with E-state index in [1.165, 1.54) is 0 Å². The molecule has 1 N–H and O–H groups in total. The molecule has 3 aromatic rings. The second kappa shape index (κ2) is 7.42. The maximum atomic E-state index is 8.88. The van der Waals surface area contributed by atoms with Gasteiger partial charge in [0.2, 0.25) is 5.88 Å². The molecule has 1 aromatic carbocycles. The van der Waals surface area contributed by atoms with Crippen molar-refractivity contribution >= 4 is 0 Å². The van der Waals surface area contributed by atoms with E-state index in [0.29, 0.717) is 23.9 Å². The molecular weight excluding hydrogens is 300 g/mol. The molecule has 0 amide bonds. The van der Waals surface area contributed by atoms with Crippen LogP contribution in [0.1, 0.15) is 25.3 Å². The Labute approximate surface area is 141 Å². The Morgan fingerprint density at radius 1 is 1.17 bits per heavy atom. The van der Waals surface area contributed by atoms with E-state index in [-0.39, 0.29) is 0 Å². The van der Waals surface area contributed by atoms with E-state index in [1.54, 1.807) is 24.5 Å². The first-order chi connectivity index (χ1) is 11.8. The molecule has 0 saturated carbocycles. The van der Waals surface area contributed by atoms with Crippen molar-refractivity contribution in [2.45, 2.75) is 19.8 Å². The van der Waals surface area contributed by atoms with Gasteiger partial charge in [-0.3, -0.25) is 0 Å². The van der Waals surface area contributed by atoms with Crippen molar-refractivity contribution in [3.63, 3.8) is 0 Å². The number of nitrogens with zero attached hydrogens (tertiary/aromatic N) is 3. The molecule has 5 nitrogen and oxygen atoms in total. The minimum absolute atomic E-state index is 0.590. The van der Waals surface area contributed by atoms with E-state index >= 15 is 0 Å². The third kappa shape index (κ3) is 3.44. The Bertz CT molecular complexity index is 846. The number of nitrogens with one attached hydrogen (secondary N) is 1. The number of rotatable bonds is 6. The number of ether oxygens (including phenoxy) is 1. The molecule has 5 heteroatoms. The van der Waals surface area contributed by atoms with Crippen molar-refractivity contribution in [3.05, 3.63) is 54.4 Å². The van der Waals surface area contributed by atoms with Crippen LogP contribution in [0.15, 0.2) is 48.8 Å². The molecule has 3 rings (SSSR count). The predicted octanol–water partition coefficient (Wildman–Crippen LogP) is 4.19. The summed E-state index contributed by atoms with van der Waals surface area (Å²) in [5.74, 6) is 1.31. The Morgan fingerprint density at radius 3 is 2.75 bits per heavy atom. The lowest BCUT2D eigenvalue weighted by atomic mass is 10.1. The zero-order chi connectivity index (χ0) is 16.8. The van der Waals surface area contributed by atoms with Gasteiger partial charge in [-0.1, -0.05) is 25.5 Å². The number of hydrogen-bond donors (Lipinski definition) is 1. The van der Waals surface area contributed by atoms with Gasteiger partial charge >= 0.3 is 0 Å². The summed E-state index contributed by atoms with van der Waals surface area (Å²) in [4.78, 5) is 12.1. The average molecular weight is 318 g/mol. The van der Waals surface area contributed by atoms with Crippen molar-refractivity contribution in [3.8, 4) is 34.6 Å². The summed E-state index contributed by atoms with van der Waals surface area (Å²) >= 11 is 0. The number of H-pyrrole nitrogens is 1. The highest BCUT2D eigenvalue weighted by Gasteiger charge is 2.11. The van der Waals surface area contributed by atoms with Crippen LogP contribution in [-0.2, 0) is 0 Å². The average Bonchev–Trinajstić information content (AvgIpc) is 3.12. The summed E-state index contributed by atoms with van der Waals surface area (Å²) in [6.45, 7) is 2.77. The molecule has 2 aromatic heterocycles. The van der Waals surface area contributed by atoms with Gasteiger partial charge in [-0.25, -0.2) is 9.97 Å². The number of pyridine rings is 1. The number of hydrogen-bond acceptors (Lipinski definition) is 4. The molecule has 0 radical (unpaired) electrons. The highest BCUT2D eigenvalue weighted by atomic mass is 16.5. The van der Waals surface area contributed by atoms with Crippen LogP contribution in [0.4, 0.5) is 0 Å². The molecule has 0 fully saturated rings. The largest absolute Gasteiger partial charge is 0.477 e. The van der Waals surface area contributed by atoms with E-state index in [4.69, 9.17) is 10.00 Å². The van der Waals surface area contributed by atoms with Gasteiger partial charge in [-0.05, 0) is 36.2 Å². The number of aromatic nitrogens is 3. The normalized spacial score (nSPS) is 10.3. The van der Waals surface area contributed by atoms with Gasteiger partial charge in [0.05, 0.1) is 35.7 Å². The molecule has 0 atom stereocenters. The fraction of sp³-hybridized carbons (Fsp3) is 0.211. The minimum atomic E-state index is 0.590. The monoisotopic (exact) mass is 318 g/mol. The van der Waals surface area contributed by atoms with E-state index in [0.717, 1.165) is 29.7 Å². The zero-order valence-corrected chi connectivity index (χ0v) is 13.5. The Hall–Kier alpha value is -3.13. The van der Waals surface area contributed by atoms with E-state index in [9.17, 15) is 0 Å². The molecule has 0 unspecified atom stereocenters. The van der Waals surface area contributed by atoms with E-state index in [2.05, 4.69) is 27.9 Å². The Kier molecular flexibility index (Phi) is 4.87. The van der Waals surface area contributed by atoms with E-state index in [1.807, 2.05) is 24.3 Å². The van der Waals surface area contributed by atoms with E-state index < -0.39 is 0 Å². The van der Waals surface area contributed by atoms with Crippen molar-refractivity contribution in [1.82, 2.24) is 15.0 Å². The molecule has 0 saturated heterocycles. The number of benzene rings is 1.